The summed E-state index contributed by atoms with van der Waals surface area (Å²) in [6.45, 7) is 2.09. The number of benzene rings is 1. The van der Waals surface area contributed by atoms with Gasteiger partial charge in [0.1, 0.15) is 5.82 Å². The van der Waals surface area contributed by atoms with Gasteiger partial charge >= 0.3 is 0 Å². The minimum absolute atomic E-state index is 0.112. The van der Waals surface area contributed by atoms with E-state index in [1.54, 1.807) is 0 Å². The molecule has 4 rings (SSSR count). The molecule has 0 amide bonds. The van der Waals surface area contributed by atoms with Crippen LogP contribution in [0.4, 0.5) is 5.82 Å². The Morgan fingerprint density at radius 1 is 0.960 bits per heavy atom. The highest BCUT2D eigenvalue weighted by Gasteiger charge is 2.26. The molecule has 4 nitrogen and oxygen atoms in total. The van der Waals surface area contributed by atoms with Gasteiger partial charge in [0.25, 0.3) is 0 Å². The van der Waals surface area contributed by atoms with Crippen LogP contribution in [-0.4, -0.2) is 27.2 Å². The molecule has 1 aromatic carbocycles. The molecule has 2 atom stereocenters. The molecule has 0 aliphatic heterocycles. The van der Waals surface area contributed by atoms with Crippen LogP contribution >= 0.6 is 0 Å². The van der Waals surface area contributed by atoms with Gasteiger partial charge in [0.2, 0.25) is 0 Å². The molecule has 132 valence electrons. The van der Waals surface area contributed by atoms with Crippen molar-refractivity contribution in [2.75, 3.05) is 5.32 Å². The lowest BCUT2D eigenvalue weighted by atomic mass is 9.91. The third kappa shape index (κ3) is 3.54. The Bertz CT molecular complexity index is 742. The van der Waals surface area contributed by atoms with Crippen LogP contribution in [0.25, 0.3) is 11.4 Å². The number of aromatic nitrogens is 2. The number of nitrogens with one attached hydrogen (secondary N) is 1. The first kappa shape index (κ1) is 16.5. The molecule has 2 N–H and O–H groups in total. The number of aliphatic hydroxyl groups excluding tert-OH is 1. The normalized spacial score (nSPS) is 23.1. The molecule has 2 aromatic rings. The van der Waals surface area contributed by atoms with Crippen LogP contribution in [0, 0.1) is 6.92 Å². The molecular formula is C21H27N3O. The molecule has 0 spiro atoms. The number of anilines is 1. The Morgan fingerprint density at radius 3 is 2.52 bits per heavy atom. The molecule has 1 fully saturated rings. The molecule has 0 radical (unpaired) electrons. The van der Waals surface area contributed by atoms with Crippen molar-refractivity contribution in [3.05, 3.63) is 41.1 Å². The highest BCUT2D eigenvalue weighted by molar-refractivity contribution is 5.61. The van der Waals surface area contributed by atoms with Crippen LogP contribution in [0.15, 0.2) is 24.3 Å². The van der Waals surface area contributed by atoms with Crippen molar-refractivity contribution in [1.29, 1.82) is 0 Å². The van der Waals surface area contributed by atoms with Crippen molar-refractivity contribution in [2.24, 2.45) is 0 Å². The summed E-state index contributed by atoms with van der Waals surface area (Å²) in [5, 5.41) is 13.9. The minimum Gasteiger partial charge on any atom is -0.391 e. The molecule has 0 saturated heterocycles. The van der Waals surface area contributed by atoms with E-state index in [0.717, 1.165) is 49.3 Å². The molecular weight excluding hydrogens is 310 g/mol. The first-order chi connectivity index (χ1) is 12.2. The summed E-state index contributed by atoms with van der Waals surface area (Å²) in [6.07, 6.45) is 8.38. The van der Waals surface area contributed by atoms with Crippen LogP contribution in [0.2, 0.25) is 0 Å². The predicted octanol–water partition coefficient (Wildman–Crippen LogP) is 4.05. The smallest absolute Gasteiger partial charge is 0.161 e. The third-order valence-corrected chi connectivity index (χ3v) is 5.54. The molecule has 1 aromatic heterocycles. The minimum atomic E-state index is -0.272. The average Bonchev–Trinajstić information content (AvgIpc) is 2.64. The number of rotatable bonds is 3. The fourth-order valence-corrected chi connectivity index (χ4v) is 4.00. The van der Waals surface area contributed by atoms with Gasteiger partial charge in [-0.3, -0.25) is 0 Å². The van der Waals surface area contributed by atoms with Gasteiger partial charge in [-0.25, -0.2) is 9.97 Å². The van der Waals surface area contributed by atoms with E-state index in [0.29, 0.717) is 0 Å². The van der Waals surface area contributed by atoms with Gasteiger partial charge in [-0.15, -0.1) is 0 Å². The molecule has 4 heteroatoms. The highest BCUT2D eigenvalue weighted by Crippen LogP contribution is 2.31. The maximum absolute atomic E-state index is 10.3. The van der Waals surface area contributed by atoms with Gasteiger partial charge in [-0.05, 0) is 45.4 Å². The Hall–Kier alpha value is -1.94. The van der Waals surface area contributed by atoms with E-state index in [9.17, 15) is 5.11 Å². The van der Waals surface area contributed by atoms with Crippen molar-refractivity contribution in [3.63, 3.8) is 0 Å². The van der Waals surface area contributed by atoms with Crippen LogP contribution < -0.4 is 5.32 Å². The molecule has 2 aliphatic rings. The topological polar surface area (TPSA) is 58.0 Å². The number of nitrogens with zero attached hydrogens (tertiary/aromatic N) is 2. The molecule has 0 bridgehead atoms. The summed E-state index contributed by atoms with van der Waals surface area (Å²) in [7, 11) is 0. The Morgan fingerprint density at radius 2 is 1.72 bits per heavy atom. The van der Waals surface area contributed by atoms with Gasteiger partial charge in [0, 0.05) is 16.8 Å². The predicted molar refractivity (Wildman–Crippen MR) is 101 cm³/mol. The largest absolute Gasteiger partial charge is 0.391 e. The first-order valence-corrected chi connectivity index (χ1v) is 9.62. The third-order valence-electron chi connectivity index (χ3n) is 5.54. The Kier molecular flexibility index (Phi) is 4.71. The molecule has 1 heterocycles. The summed E-state index contributed by atoms with van der Waals surface area (Å²) in [5.74, 6) is 1.75. The zero-order valence-electron chi connectivity index (χ0n) is 15.0. The van der Waals surface area contributed by atoms with Gasteiger partial charge < -0.3 is 10.4 Å². The zero-order valence-corrected chi connectivity index (χ0v) is 15.0. The first-order valence-electron chi connectivity index (χ1n) is 9.62. The van der Waals surface area contributed by atoms with Gasteiger partial charge in [0.15, 0.2) is 5.82 Å². The lowest BCUT2D eigenvalue weighted by Gasteiger charge is -2.30. The molecule has 2 aliphatic carbocycles. The lowest BCUT2D eigenvalue weighted by Crippen LogP contribution is -2.37. The van der Waals surface area contributed by atoms with E-state index in [2.05, 4.69) is 36.5 Å². The van der Waals surface area contributed by atoms with Crippen molar-refractivity contribution >= 4 is 5.82 Å². The molecule has 2 unspecified atom stereocenters. The standard InChI is InChI=1S/C21H27N3O/c1-14-10-12-15(13-11-14)20-22-17-7-3-2-6-16(17)21(24-20)23-18-8-4-5-9-19(18)25/h10-13,18-19,25H,2-9H2,1H3,(H,22,23,24). The van der Waals surface area contributed by atoms with E-state index < -0.39 is 0 Å². The second-order valence-corrected chi connectivity index (χ2v) is 7.50. The van der Waals surface area contributed by atoms with Gasteiger partial charge in [-0.2, -0.15) is 0 Å². The van der Waals surface area contributed by atoms with E-state index in [1.165, 1.54) is 36.1 Å². The second-order valence-electron chi connectivity index (χ2n) is 7.50. The molecule has 25 heavy (non-hydrogen) atoms. The van der Waals surface area contributed by atoms with E-state index in [1.807, 2.05) is 0 Å². The Labute approximate surface area is 149 Å². The summed E-state index contributed by atoms with van der Waals surface area (Å²) in [6, 6.07) is 8.52. The van der Waals surface area contributed by atoms with Gasteiger partial charge in [0.05, 0.1) is 12.1 Å². The van der Waals surface area contributed by atoms with E-state index in [-0.39, 0.29) is 12.1 Å². The summed E-state index contributed by atoms with van der Waals surface area (Å²) in [5.41, 5.74) is 4.75. The van der Waals surface area contributed by atoms with Crippen LogP contribution in [0.3, 0.4) is 0 Å². The Balaban J connectivity index is 1.70. The number of fused-ring (bicyclic) bond motifs is 1. The monoisotopic (exact) mass is 337 g/mol. The summed E-state index contributed by atoms with van der Waals surface area (Å²) in [4.78, 5) is 9.75. The fraction of sp³-hybridized carbons (Fsp3) is 0.524. The lowest BCUT2D eigenvalue weighted by molar-refractivity contribution is 0.116. The van der Waals surface area contributed by atoms with Crippen LogP contribution in [0.5, 0.6) is 0 Å². The number of aliphatic hydroxyl groups is 1. The number of hydrogen-bond donors (Lipinski definition) is 2. The van der Waals surface area contributed by atoms with Crippen molar-refractivity contribution in [3.8, 4) is 11.4 Å². The zero-order chi connectivity index (χ0) is 17.2. The number of aryl methyl sites for hydroxylation is 2. The van der Waals surface area contributed by atoms with E-state index in [4.69, 9.17) is 9.97 Å². The maximum atomic E-state index is 10.3. The fourth-order valence-electron chi connectivity index (χ4n) is 4.00. The quantitative estimate of drug-likeness (QED) is 0.887. The van der Waals surface area contributed by atoms with Crippen molar-refractivity contribution < 1.29 is 5.11 Å². The number of hydrogen-bond acceptors (Lipinski definition) is 4. The van der Waals surface area contributed by atoms with Crippen molar-refractivity contribution in [2.45, 2.75) is 70.4 Å². The van der Waals surface area contributed by atoms with Crippen LogP contribution in [0.1, 0.15) is 55.3 Å². The second kappa shape index (κ2) is 7.12. The highest BCUT2D eigenvalue weighted by atomic mass is 16.3. The average molecular weight is 337 g/mol. The summed E-state index contributed by atoms with van der Waals surface area (Å²) < 4.78 is 0. The maximum Gasteiger partial charge on any atom is 0.161 e. The van der Waals surface area contributed by atoms with E-state index >= 15 is 0 Å². The summed E-state index contributed by atoms with van der Waals surface area (Å²) >= 11 is 0. The van der Waals surface area contributed by atoms with Crippen LogP contribution in [-0.2, 0) is 12.8 Å². The van der Waals surface area contributed by atoms with Gasteiger partial charge in [-0.1, -0.05) is 42.7 Å². The molecule has 1 saturated carbocycles. The van der Waals surface area contributed by atoms with Crippen molar-refractivity contribution in [1.82, 2.24) is 9.97 Å². The SMILES string of the molecule is Cc1ccc(-c2nc3c(c(NC4CCCCC4O)n2)CCCC3)cc1.